The maximum atomic E-state index is 12.1. The first-order chi connectivity index (χ1) is 9.52. The Morgan fingerprint density at radius 1 is 1.25 bits per heavy atom. The molecule has 0 spiro atoms. The number of guanidine groups is 1. The van der Waals surface area contributed by atoms with E-state index >= 15 is 0 Å². The Morgan fingerprint density at radius 2 is 1.90 bits per heavy atom. The number of amides is 1. The van der Waals surface area contributed by atoms with Gasteiger partial charge in [0, 0.05) is 29.7 Å². The van der Waals surface area contributed by atoms with Crippen molar-refractivity contribution < 1.29 is 9.53 Å². The highest BCUT2D eigenvalue weighted by Gasteiger charge is 2.15. The van der Waals surface area contributed by atoms with E-state index < -0.39 is 5.91 Å². The summed E-state index contributed by atoms with van der Waals surface area (Å²) in [7, 11) is 1.55. The first-order valence-corrected chi connectivity index (χ1v) is 5.99. The molecule has 0 unspecified atom stereocenters. The van der Waals surface area contributed by atoms with Crippen LogP contribution in [0.15, 0.2) is 41.7 Å². The number of aliphatic imine (C=N–C) groups is 1. The van der Waals surface area contributed by atoms with Crippen molar-refractivity contribution in [2.75, 3.05) is 7.11 Å². The molecule has 1 amide bonds. The first-order valence-electron chi connectivity index (χ1n) is 5.99. The number of benzene rings is 1. The zero-order valence-electron chi connectivity index (χ0n) is 11.3. The van der Waals surface area contributed by atoms with Crippen molar-refractivity contribution in [1.29, 1.82) is 0 Å². The van der Waals surface area contributed by atoms with Crippen molar-refractivity contribution in [2.45, 2.75) is 6.92 Å². The lowest BCUT2D eigenvalue weighted by Crippen LogP contribution is -2.24. The molecule has 2 aromatic rings. The molecule has 4 N–H and O–H groups in total. The van der Waals surface area contributed by atoms with Crippen LogP contribution in [0.2, 0.25) is 0 Å². The Kier molecular flexibility index (Phi) is 3.74. The second-order valence-corrected chi connectivity index (χ2v) is 4.25. The number of ether oxygens (including phenoxy) is 1. The molecule has 0 saturated heterocycles. The predicted octanol–water partition coefficient (Wildman–Crippen LogP) is 1.21. The molecule has 1 heterocycles. The van der Waals surface area contributed by atoms with Gasteiger partial charge in [-0.15, -0.1) is 0 Å². The number of aromatic nitrogens is 1. The van der Waals surface area contributed by atoms with Gasteiger partial charge in [0.15, 0.2) is 5.96 Å². The average molecular weight is 272 g/mol. The average Bonchev–Trinajstić information content (AvgIpc) is 2.92. The van der Waals surface area contributed by atoms with Crippen LogP contribution in [0, 0.1) is 6.92 Å². The lowest BCUT2D eigenvalue weighted by atomic mass is 10.1. The zero-order chi connectivity index (χ0) is 14.7. The minimum absolute atomic E-state index is 0.264. The van der Waals surface area contributed by atoms with E-state index in [2.05, 4.69) is 4.99 Å². The Hall–Kier alpha value is -2.76. The Balaban J connectivity index is 2.59. The van der Waals surface area contributed by atoms with Gasteiger partial charge in [-0.3, -0.25) is 4.79 Å². The third-order valence-electron chi connectivity index (χ3n) is 2.93. The van der Waals surface area contributed by atoms with Gasteiger partial charge in [-0.05, 0) is 25.1 Å². The minimum Gasteiger partial charge on any atom is -0.496 e. The van der Waals surface area contributed by atoms with Gasteiger partial charge >= 0.3 is 0 Å². The van der Waals surface area contributed by atoms with Crippen molar-refractivity contribution >= 4 is 11.9 Å². The standard InChI is InChI=1S/C14H16N4O2/c1-9-11(13(19)17-14(15)16)7-10(8-12(9)20-2)18-5-3-4-6-18/h3-8H,1-2H3,(H4,15,16,17,19). The first kappa shape index (κ1) is 13.7. The topological polar surface area (TPSA) is 95.6 Å². The van der Waals surface area contributed by atoms with Crippen LogP contribution in [-0.2, 0) is 0 Å². The number of rotatable bonds is 3. The fourth-order valence-electron chi connectivity index (χ4n) is 1.94. The third kappa shape index (κ3) is 2.64. The van der Waals surface area contributed by atoms with Crippen LogP contribution in [0.25, 0.3) is 5.69 Å². The van der Waals surface area contributed by atoms with Gasteiger partial charge in [-0.25, -0.2) is 0 Å². The molecule has 1 aromatic heterocycles. The smallest absolute Gasteiger partial charge is 0.280 e. The normalized spacial score (nSPS) is 10.1. The van der Waals surface area contributed by atoms with Crippen molar-refractivity contribution in [3.63, 3.8) is 0 Å². The largest absolute Gasteiger partial charge is 0.496 e. The third-order valence-corrected chi connectivity index (χ3v) is 2.93. The quantitative estimate of drug-likeness (QED) is 0.648. The molecule has 0 bridgehead atoms. The number of methoxy groups -OCH3 is 1. The fourth-order valence-corrected chi connectivity index (χ4v) is 1.94. The highest BCUT2D eigenvalue weighted by molar-refractivity contribution is 6.03. The number of nitrogens with two attached hydrogens (primary N) is 2. The summed E-state index contributed by atoms with van der Waals surface area (Å²) in [5.74, 6) is -0.153. The summed E-state index contributed by atoms with van der Waals surface area (Å²) in [5.41, 5.74) is 12.4. The second-order valence-electron chi connectivity index (χ2n) is 4.25. The maximum absolute atomic E-state index is 12.1. The maximum Gasteiger partial charge on any atom is 0.280 e. The second kappa shape index (κ2) is 5.48. The van der Waals surface area contributed by atoms with E-state index in [0.29, 0.717) is 16.9 Å². The van der Waals surface area contributed by atoms with Crippen LogP contribution >= 0.6 is 0 Å². The summed E-state index contributed by atoms with van der Waals surface area (Å²) in [6.45, 7) is 1.79. The van der Waals surface area contributed by atoms with E-state index in [4.69, 9.17) is 16.2 Å². The van der Waals surface area contributed by atoms with E-state index in [1.807, 2.05) is 35.2 Å². The summed E-state index contributed by atoms with van der Waals surface area (Å²) in [6, 6.07) is 7.36. The molecular formula is C14H16N4O2. The van der Waals surface area contributed by atoms with Gasteiger partial charge in [-0.1, -0.05) is 0 Å². The minimum atomic E-state index is -0.491. The summed E-state index contributed by atoms with van der Waals surface area (Å²) in [6.07, 6.45) is 3.75. The molecule has 1 aromatic carbocycles. The van der Waals surface area contributed by atoms with Crippen molar-refractivity contribution in [2.24, 2.45) is 16.5 Å². The lowest BCUT2D eigenvalue weighted by molar-refractivity contribution is 0.100. The molecule has 104 valence electrons. The van der Waals surface area contributed by atoms with Gasteiger partial charge < -0.3 is 20.8 Å². The highest BCUT2D eigenvalue weighted by atomic mass is 16.5. The molecule has 0 aliphatic heterocycles. The van der Waals surface area contributed by atoms with E-state index in [9.17, 15) is 4.79 Å². The summed E-state index contributed by atoms with van der Waals surface area (Å²) in [4.78, 5) is 15.6. The number of carbonyl (C=O) groups is 1. The molecule has 0 radical (unpaired) electrons. The van der Waals surface area contributed by atoms with Crippen LogP contribution in [0.5, 0.6) is 5.75 Å². The van der Waals surface area contributed by atoms with Gasteiger partial charge in [0.2, 0.25) is 0 Å². The molecule has 6 heteroatoms. The lowest BCUT2D eigenvalue weighted by Gasteiger charge is -2.12. The Bertz CT molecular complexity index is 656. The molecule has 0 atom stereocenters. The van der Waals surface area contributed by atoms with E-state index in [0.717, 1.165) is 5.69 Å². The molecule has 0 saturated carbocycles. The van der Waals surface area contributed by atoms with Gasteiger partial charge in [0.1, 0.15) is 5.75 Å². The van der Waals surface area contributed by atoms with E-state index in [1.54, 1.807) is 20.1 Å². The number of nitrogens with zero attached hydrogens (tertiary/aromatic N) is 2. The number of hydrogen-bond acceptors (Lipinski definition) is 2. The Morgan fingerprint density at radius 3 is 2.45 bits per heavy atom. The van der Waals surface area contributed by atoms with E-state index in [-0.39, 0.29) is 5.96 Å². The Labute approximate surface area is 116 Å². The molecule has 6 nitrogen and oxygen atoms in total. The van der Waals surface area contributed by atoms with Crippen LogP contribution in [0.1, 0.15) is 15.9 Å². The van der Waals surface area contributed by atoms with Crippen molar-refractivity contribution in [3.8, 4) is 11.4 Å². The molecular weight excluding hydrogens is 256 g/mol. The molecule has 20 heavy (non-hydrogen) atoms. The predicted molar refractivity (Wildman–Crippen MR) is 77.2 cm³/mol. The molecule has 0 aliphatic carbocycles. The SMILES string of the molecule is COc1cc(-n2cccc2)cc(C(=O)N=C(N)N)c1C. The monoisotopic (exact) mass is 272 g/mol. The van der Waals surface area contributed by atoms with E-state index in [1.165, 1.54) is 0 Å². The number of hydrogen-bond donors (Lipinski definition) is 2. The summed E-state index contributed by atoms with van der Waals surface area (Å²) in [5, 5.41) is 0. The van der Waals surface area contributed by atoms with Crippen LogP contribution in [-0.4, -0.2) is 23.5 Å². The van der Waals surface area contributed by atoms with Crippen molar-refractivity contribution in [3.05, 3.63) is 47.8 Å². The molecule has 0 aliphatic rings. The molecule has 0 fully saturated rings. The summed E-state index contributed by atoms with van der Waals surface area (Å²) >= 11 is 0. The van der Waals surface area contributed by atoms with Gasteiger partial charge in [0.05, 0.1) is 12.7 Å². The molecule has 2 rings (SSSR count). The van der Waals surface area contributed by atoms with Crippen LogP contribution in [0.4, 0.5) is 0 Å². The van der Waals surface area contributed by atoms with Crippen molar-refractivity contribution in [1.82, 2.24) is 4.57 Å². The van der Waals surface area contributed by atoms with Gasteiger partial charge in [0.25, 0.3) is 5.91 Å². The van der Waals surface area contributed by atoms with Crippen LogP contribution in [0.3, 0.4) is 0 Å². The number of carbonyl (C=O) groups excluding carboxylic acids is 1. The highest BCUT2D eigenvalue weighted by Crippen LogP contribution is 2.26. The van der Waals surface area contributed by atoms with Crippen LogP contribution < -0.4 is 16.2 Å². The van der Waals surface area contributed by atoms with Gasteiger partial charge in [-0.2, -0.15) is 4.99 Å². The fraction of sp³-hybridized carbons (Fsp3) is 0.143. The summed E-state index contributed by atoms with van der Waals surface area (Å²) < 4.78 is 7.17. The zero-order valence-corrected chi connectivity index (χ0v) is 11.3.